The van der Waals surface area contributed by atoms with Gasteiger partial charge in [-0.3, -0.25) is 4.79 Å². The maximum Gasteiger partial charge on any atom is 0.264 e. The Morgan fingerprint density at radius 2 is 2.14 bits per heavy atom. The first kappa shape index (κ1) is 13.5. The van der Waals surface area contributed by atoms with E-state index in [0.717, 1.165) is 0 Å². The van der Waals surface area contributed by atoms with E-state index in [2.05, 4.69) is 5.32 Å². The molecular formula is C15H15NO5. The molecule has 2 heterocycles. The van der Waals surface area contributed by atoms with E-state index in [9.17, 15) is 9.90 Å². The van der Waals surface area contributed by atoms with Crippen molar-refractivity contribution in [2.45, 2.75) is 12.2 Å². The van der Waals surface area contributed by atoms with Crippen LogP contribution >= 0.6 is 0 Å². The molecule has 0 spiro atoms. The highest BCUT2D eigenvalue weighted by molar-refractivity contribution is 5.81. The van der Waals surface area contributed by atoms with Crippen molar-refractivity contribution in [3.8, 4) is 11.5 Å². The first-order valence-electron chi connectivity index (χ1n) is 6.60. The minimum absolute atomic E-state index is 0.0832. The van der Waals surface area contributed by atoms with Crippen molar-refractivity contribution in [3.63, 3.8) is 0 Å². The number of ether oxygens (including phenoxy) is 2. The Bertz CT molecular complexity index is 610. The monoisotopic (exact) mass is 289 g/mol. The number of nitrogens with one attached hydrogen (secondary N) is 1. The lowest BCUT2D eigenvalue weighted by Gasteiger charge is -2.25. The summed E-state index contributed by atoms with van der Waals surface area (Å²) >= 11 is 0. The third-order valence-electron chi connectivity index (χ3n) is 3.20. The Balaban J connectivity index is 1.55. The summed E-state index contributed by atoms with van der Waals surface area (Å²) in [6, 6.07) is 8.82. The van der Waals surface area contributed by atoms with E-state index in [0.29, 0.717) is 17.1 Å². The predicted molar refractivity (Wildman–Crippen MR) is 73.0 cm³/mol. The van der Waals surface area contributed by atoms with Crippen LogP contribution in [0, 0.1) is 0 Å². The number of amides is 1. The summed E-state index contributed by atoms with van der Waals surface area (Å²) in [5.74, 6) is 0.839. The Morgan fingerprint density at radius 1 is 1.33 bits per heavy atom. The molecule has 1 aromatic heterocycles. The van der Waals surface area contributed by atoms with E-state index in [-0.39, 0.29) is 19.1 Å². The van der Waals surface area contributed by atoms with Gasteiger partial charge < -0.3 is 24.3 Å². The van der Waals surface area contributed by atoms with E-state index >= 15 is 0 Å². The molecular weight excluding hydrogens is 274 g/mol. The second-order valence-electron chi connectivity index (χ2n) is 4.68. The lowest BCUT2D eigenvalue weighted by atomic mass is 10.2. The molecule has 21 heavy (non-hydrogen) atoms. The van der Waals surface area contributed by atoms with Crippen molar-refractivity contribution in [2.24, 2.45) is 0 Å². The Morgan fingerprint density at radius 3 is 2.90 bits per heavy atom. The van der Waals surface area contributed by atoms with Crippen LogP contribution in [0.3, 0.4) is 0 Å². The number of rotatable bonds is 4. The molecule has 0 bridgehead atoms. The Kier molecular flexibility index (Phi) is 3.79. The molecule has 1 aliphatic rings. The number of aliphatic hydroxyl groups excluding tert-OH is 1. The SMILES string of the molecule is O=C(NC[C@H](O)c1ccoc1)[C@@H]1COc2ccccc2O1. The summed E-state index contributed by atoms with van der Waals surface area (Å²) in [5, 5.41) is 12.5. The fraction of sp³-hybridized carbons (Fsp3) is 0.267. The van der Waals surface area contributed by atoms with Gasteiger partial charge >= 0.3 is 0 Å². The van der Waals surface area contributed by atoms with Gasteiger partial charge in [0.25, 0.3) is 5.91 Å². The maximum atomic E-state index is 12.0. The van der Waals surface area contributed by atoms with Crippen molar-refractivity contribution in [3.05, 3.63) is 48.4 Å². The fourth-order valence-electron chi connectivity index (χ4n) is 2.04. The van der Waals surface area contributed by atoms with Gasteiger partial charge in [0.05, 0.1) is 18.6 Å². The molecule has 3 rings (SSSR count). The van der Waals surface area contributed by atoms with Crippen molar-refractivity contribution < 1.29 is 23.8 Å². The predicted octanol–water partition coefficient (Wildman–Crippen LogP) is 1.27. The van der Waals surface area contributed by atoms with E-state index in [1.807, 2.05) is 12.1 Å². The quantitative estimate of drug-likeness (QED) is 0.886. The maximum absolute atomic E-state index is 12.0. The van der Waals surface area contributed by atoms with Crippen molar-refractivity contribution in [1.29, 1.82) is 0 Å². The van der Waals surface area contributed by atoms with Crippen LogP contribution in [0.2, 0.25) is 0 Å². The number of fused-ring (bicyclic) bond motifs is 1. The molecule has 1 aromatic carbocycles. The topological polar surface area (TPSA) is 80.9 Å². The zero-order valence-corrected chi connectivity index (χ0v) is 11.2. The number of aliphatic hydroxyl groups is 1. The van der Waals surface area contributed by atoms with E-state index in [1.54, 1.807) is 18.2 Å². The third-order valence-corrected chi connectivity index (χ3v) is 3.20. The number of furan rings is 1. The summed E-state index contributed by atoms with van der Waals surface area (Å²) in [5.41, 5.74) is 0.612. The first-order chi connectivity index (χ1) is 10.2. The molecule has 0 unspecified atom stereocenters. The van der Waals surface area contributed by atoms with Gasteiger partial charge in [-0.15, -0.1) is 0 Å². The minimum Gasteiger partial charge on any atom is -0.485 e. The van der Waals surface area contributed by atoms with Gasteiger partial charge in [0, 0.05) is 12.1 Å². The number of hydrogen-bond acceptors (Lipinski definition) is 5. The van der Waals surface area contributed by atoms with Gasteiger partial charge in [-0.25, -0.2) is 0 Å². The fourth-order valence-corrected chi connectivity index (χ4v) is 2.04. The molecule has 6 nitrogen and oxygen atoms in total. The van der Waals surface area contributed by atoms with Crippen molar-refractivity contribution in [1.82, 2.24) is 5.32 Å². The molecule has 0 aliphatic carbocycles. The second-order valence-corrected chi connectivity index (χ2v) is 4.68. The summed E-state index contributed by atoms with van der Waals surface area (Å²) in [6.45, 7) is 0.227. The average Bonchev–Trinajstić information content (AvgIpc) is 3.06. The third kappa shape index (κ3) is 3.00. The van der Waals surface area contributed by atoms with Gasteiger partial charge in [0.2, 0.25) is 6.10 Å². The molecule has 2 atom stereocenters. The highest BCUT2D eigenvalue weighted by Gasteiger charge is 2.27. The molecule has 6 heteroatoms. The molecule has 0 radical (unpaired) electrons. The smallest absolute Gasteiger partial charge is 0.264 e. The number of carbonyl (C=O) groups is 1. The van der Waals surface area contributed by atoms with Crippen LogP contribution in [0.4, 0.5) is 0 Å². The normalized spacial score (nSPS) is 18.0. The highest BCUT2D eigenvalue weighted by Crippen LogP contribution is 2.30. The molecule has 0 fully saturated rings. The van der Waals surface area contributed by atoms with E-state index < -0.39 is 12.2 Å². The van der Waals surface area contributed by atoms with Crippen LogP contribution in [0.5, 0.6) is 11.5 Å². The van der Waals surface area contributed by atoms with Gasteiger partial charge in [-0.05, 0) is 18.2 Å². The lowest BCUT2D eigenvalue weighted by molar-refractivity contribution is -0.130. The molecule has 0 saturated heterocycles. The molecule has 2 N–H and O–H groups in total. The van der Waals surface area contributed by atoms with Gasteiger partial charge in [0.1, 0.15) is 6.61 Å². The molecule has 2 aromatic rings. The van der Waals surface area contributed by atoms with Gasteiger partial charge in [0.15, 0.2) is 11.5 Å². The van der Waals surface area contributed by atoms with Crippen LogP contribution in [0.25, 0.3) is 0 Å². The Hall–Kier alpha value is -2.47. The van der Waals surface area contributed by atoms with Gasteiger partial charge in [-0.1, -0.05) is 12.1 Å². The molecule has 0 saturated carbocycles. The average molecular weight is 289 g/mol. The number of carbonyl (C=O) groups excluding carboxylic acids is 1. The van der Waals surface area contributed by atoms with Crippen LogP contribution < -0.4 is 14.8 Å². The highest BCUT2D eigenvalue weighted by atomic mass is 16.6. The summed E-state index contributed by atoms with van der Waals surface area (Å²) in [6.07, 6.45) is 1.36. The molecule has 1 aliphatic heterocycles. The molecule has 1 amide bonds. The van der Waals surface area contributed by atoms with Crippen LogP contribution in [0.15, 0.2) is 47.3 Å². The first-order valence-corrected chi connectivity index (χ1v) is 6.60. The second kappa shape index (κ2) is 5.88. The molecule has 110 valence electrons. The number of benzene rings is 1. The van der Waals surface area contributed by atoms with Gasteiger partial charge in [-0.2, -0.15) is 0 Å². The lowest BCUT2D eigenvalue weighted by Crippen LogP contribution is -2.45. The zero-order valence-electron chi connectivity index (χ0n) is 11.2. The largest absolute Gasteiger partial charge is 0.485 e. The van der Waals surface area contributed by atoms with Crippen LogP contribution in [-0.4, -0.2) is 30.3 Å². The minimum atomic E-state index is -0.815. The van der Waals surface area contributed by atoms with Crippen molar-refractivity contribution in [2.75, 3.05) is 13.2 Å². The Labute approximate surface area is 121 Å². The van der Waals surface area contributed by atoms with E-state index in [1.165, 1.54) is 12.5 Å². The van der Waals surface area contributed by atoms with E-state index in [4.69, 9.17) is 13.9 Å². The van der Waals surface area contributed by atoms with Crippen LogP contribution in [0.1, 0.15) is 11.7 Å². The summed E-state index contributed by atoms with van der Waals surface area (Å²) in [7, 11) is 0. The number of para-hydroxylation sites is 2. The summed E-state index contributed by atoms with van der Waals surface area (Å²) < 4.78 is 15.9. The standard InChI is InChI=1S/C15H15NO5/c17-11(10-5-6-19-8-10)7-16-15(18)14-9-20-12-3-1-2-4-13(12)21-14/h1-6,8,11,14,17H,7,9H2,(H,16,18)/t11-,14-/m0/s1. The number of hydrogen-bond donors (Lipinski definition) is 2. The van der Waals surface area contributed by atoms with Crippen LogP contribution in [-0.2, 0) is 4.79 Å². The van der Waals surface area contributed by atoms with Crippen molar-refractivity contribution >= 4 is 5.91 Å². The summed E-state index contributed by atoms with van der Waals surface area (Å²) in [4.78, 5) is 12.0. The zero-order chi connectivity index (χ0) is 14.7.